The van der Waals surface area contributed by atoms with Crippen molar-refractivity contribution >= 4 is 16.9 Å². The van der Waals surface area contributed by atoms with E-state index in [4.69, 9.17) is 4.74 Å². The van der Waals surface area contributed by atoms with Crippen molar-refractivity contribution in [3.05, 3.63) is 24.3 Å². The molecule has 1 heterocycles. The quantitative estimate of drug-likeness (QED) is 0.827. The summed E-state index contributed by atoms with van der Waals surface area (Å²) in [6.07, 6.45) is 8.17. The van der Waals surface area contributed by atoms with Gasteiger partial charge in [0, 0.05) is 19.6 Å². The molecule has 1 N–H and O–H groups in total. The van der Waals surface area contributed by atoms with E-state index in [1.54, 1.807) is 7.11 Å². The summed E-state index contributed by atoms with van der Waals surface area (Å²) in [6.45, 7) is 2.14. The van der Waals surface area contributed by atoms with Crippen LogP contribution in [0.4, 0.5) is 0 Å². The number of carbonyl (C=O) groups excluding carboxylic acids is 1. The molecule has 0 radical (unpaired) electrons. The molecule has 26 heavy (non-hydrogen) atoms. The normalized spacial score (nSPS) is 23.3. The van der Waals surface area contributed by atoms with E-state index in [1.165, 1.54) is 32.1 Å². The number of methoxy groups -OCH3 is 1. The summed E-state index contributed by atoms with van der Waals surface area (Å²) in [7, 11) is 0.390. The first kappa shape index (κ1) is 19.4. The Morgan fingerprint density at radius 1 is 1.15 bits per heavy atom. The maximum Gasteiger partial charge on any atom is 0.224 e. The van der Waals surface area contributed by atoms with Crippen molar-refractivity contribution in [2.75, 3.05) is 26.7 Å². The molecule has 1 saturated carbocycles. The van der Waals surface area contributed by atoms with Crippen LogP contribution in [-0.2, 0) is 15.8 Å². The summed E-state index contributed by atoms with van der Waals surface area (Å²) in [5.41, 5.74) is 0. The Bertz CT molecular complexity index is 614. The average Bonchev–Trinajstić information content (AvgIpc) is 2.72. The highest BCUT2D eigenvalue weighted by molar-refractivity contribution is 7.82. The van der Waals surface area contributed by atoms with Crippen LogP contribution in [0.25, 0.3) is 0 Å². The number of benzene rings is 1. The van der Waals surface area contributed by atoms with Gasteiger partial charge in [-0.15, -0.1) is 0 Å². The molecule has 1 saturated heterocycles. The fraction of sp³-hybridized carbons (Fsp3) is 0.650. The second kappa shape index (κ2) is 9.51. The average molecular weight is 379 g/mol. The van der Waals surface area contributed by atoms with Crippen molar-refractivity contribution in [2.24, 2.45) is 11.8 Å². The van der Waals surface area contributed by atoms with Crippen molar-refractivity contribution < 1.29 is 13.7 Å². The summed E-state index contributed by atoms with van der Waals surface area (Å²) >= 11 is 0. The molecule has 144 valence electrons. The zero-order valence-electron chi connectivity index (χ0n) is 15.6. The lowest BCUT2D eigenvalue weighted by Crippen LogP contribution is -2.44. The maximum absolute atomic E-state index is 12.8. The lowest BCUT2D eigenvalue weighted by Gasteiger charge is -2.31. The zero-order chi connectivity index (χ0) is 18.4. The lowest BCUT2D eigenvalue weighted by atomic mass is 9.89. The Morgan fingerprint density at radius 2 is 1.88 bits per heavy atom. The van der Waals surface area contributed by atoms with Crippen LogP contribution in [-0.4, -0.2) is 41.2 Å². The first-order valence-corrected chi connectivity index (χ1v) is 10.9. The zero-order valence-corrected chi connectivity index (χ0v) is 16.4. The number of piperidine rings is 1. The molecule has 2 fully saturated rings. The molecule has 1 aromatic carbocycles. The fourth-order valence-corrected chi connectivity index (χ4v) is 5.21. The number of ether oxygens (including phenoxy) is 1. The third-order valence-electron chi connectivity index (χ3n) is 5.54. The van der Waals surface area contributed by atoms with E-state index >= 15 is 0 Å². The Balaban J connectivity index is 1.52. The van der Waals surface area contributed by atoms with Gasteiger partial charge in [0.1, 0.15) is 16.7 Å². The molecule has 2 aliphatic rings. The number of nitrogens with one attached hydrogen (secondary N) is 1. The molecule has 1 aromatic rings. The van der Waals surface area contributed by atoms with Crippen LogP contribution in [0.1, 0.15) is 44.9 Å². The summed E-state index contributed by atoms with van der Waals surface area (Å²) in [5, 5.41) is 3.16. The van der Waals surface area contributed by atoms with Crippen molar-refractivity contribution in [3.8, 4) is 5.75 Å². The minimum Gasteiger partial charge on any atom is -0.497 e. The Labute approximate surface area is 159 Å². The molecule has 5 nitrogen and oxygen atoms in total. The van der Waals surface area contributed by atoms with Gasteiger partial charge in [0.2, 0.25) is 5.91 Å². The molecule has 3 rings (SSSR count). The molecule has 1 amide bonds. The van der Waals surface area contributed by atoms with E-state index in [-0.39, 0.29) is 11.8 Å². The predicted molar refractivity (Wildman–Crippen MR) is 103 cm³/mol. The summed E-state index contributed by atoms with van der Waals surface area (Å²) in [4.78, 5) is 13.3. The van der Waals surface area contributed by atoms with Crippen LogP contribution in [0.15, 0.2) is 29.2 Å². The van der Waals surface area contributed by atoms with E-state index in [2.05, 4.69) is 5.32 Å². The highest BCUT2D eigenvalue weighted by atomic mass is 32.2. The number of hydrogen-bond acceptors (Lipinski definition) is 3. The molecule has 2 unspecified atom stereocenters. The van der Waals surface area contributed by atoms with Gasteiger partial charge >= 0.3 is 0 Å². The maximum atomic E-state index is 12.8. The van der Waals surface area contributed by atoms with Crippen molar-refractivity contribution in [1.29, 1.82) is 0 Å². The van der Waals surface area contributed by atoms with Crippen molar-refractivity contribution in [3.63, 3.8) is 0 Å². The largest absolute Gasteiger partial charge is 0.497 e. The lowest BCUT2D eigenvalue weighted by molar-refractivity contribution is -0.126. The van der Waals surface area contributed by atoms with Gasteiger partial charge in [0.25, 0.3) is 0 Å². The number of rotatable bonds is 6. The van der Waals surface area contributed by atoms with Gasteiger partial charge in [-0.2, -0.15) is 0 Å². The fourth-order valence-electron chi connectivity index (χ4n) is 3.93. The van der Waals surface area contributed by atoms with E-state index < -0.39 is 11.0 Å². The summed E-state index contributed by atoms with van der Waals surface area (Å²) in [5.74, 6) is 1.46. The third-order valence-corrected chi connectivity index (χ3v) is 7.02. The Hall–Kier alpha value is -1.40. The highest BCUT2D eigenvalue weighted by Crippen LogP contribution is 2.25. The van der Waals surface area contributed by atoms with Crippen LogP contribution in [0.5, 0.6) is 5.75 Å². The smallest absolute Gasteiger partial charge is 0.224 e. The molecule has 1 aliphatic heterocycles. The number of nitrogens with zero attached hydrogens (tertiary/aromatic N) is 1. The topological polar surface area (TPSA) is 58.6 Å². The molecule has 0 bridgehead atoms. The first-order chi connectivity index (χ1) is 12.7. The Morgan fingerprint density at radius 3 is 2.58 bits per heavy atom. The first-order valence-electron chi connectivity index (χ1n) is 9.76. The van der Waals surface area contributed by atoms with Gasteiger partial charge < -0.3 is 10.1 Å². The van der Waals surface area contributed by atoms with Crippen LogP contribution in [0, 0.1) is 11.8 Å². The van der Waals surface area contributed by atoms with Gasteiger partial charge in [-0.1, -0.05) is 19.3 Å². The van der Waals surface area contributed by atoms with Crippen LogP contribution >= 0.6 is 0 Å². The second-order valence-electron chi connectivity index (χ2n) is 7.40. The molecule has 2 atom stereocenters. The van der Waals surface area contributed by atoms with E-state index in [1.807, 2.05) is 28.6 Å². The van der Waals surface area contributed by atoms with Crippen LogP contribution < -0.4 is 10.1 Å². The highest BCUT2D eigenvalue weighted by Gasteiger charge is 2.29. The number of amides is 1. The van der Waals surface area contributed by atoms with Gasteiger partial charge in [-0.25, -0.2) is 8.51 Å². The van der Waals surface area contributed by atoms with E-state index in [0.29, 0.717) is 12.5 Å². The van der Waals surface area contributed by atoms with E-state index in [9.17, 15) is 9.00 Å². The van der Waals surface area contributed by atoms with Gasteiger partial charge in [0.05, 0.1) is 17.9 Å². The van der Waals surface area contributed by atoms with E-state index in [0.717, 1.165) is 36.6 Å². The summed E-state index contributed by atoms with van der Waals surface area (Å²) < 4.78 is 19.9. The summed E-state index contributed by atoms with van der Waals surface area (Å²) in [6, 6.07) is 7.32. The second-order valence-corrected chi connectivity index (χ2v) is 8.89. The van der Waals surface area contributed by atoms with Gasteiger partial charge in [-0.05, 0) is 55.9 Å². The van der Waals surface area contributed by atoms with Crippen LogP contribution in [0.3, 0.4) is 0 Å². The molecule has 1 aliphatic carbocycles. The standard InChI is InChI=1S/C20H30N2O3S/c1-25-18-9-11-19(12-10-18)26(24)22-13-5-8-17(15-22)20(23)21-14-16-6-3-2-4-7-16/h9-12,16-17H,2-8,13-15H2,1H3,(H,21,23). The molecule has 0 spiro atoms. The third kappa shape index (κ3) is 5.07. The monoisotopic (exact) mass is 378 g/mol. The minimum atomic E-state index is -1.23. The minimum absolute atomic E-state index is 0.0606. The molecule has 6 heteroatoms. The SMILES string of the molecule is COc1ccc(S(=O)N2CCCC(C(=O)NCC3CCCCC3)C2)cc1. The van der Waals surface area contributed by atoms with Gasteiger partial charge in [-0.3, -0.25) is 4.79 Å². The number of carbonyl (C=O) groups is 1. The number of hydrogen-bond donors (Lipinski definition) is 1. The van der Waals surface area contributed by atoms with Crippen LogP contribution in [0.2, 0.25) is 0 Å². The Kier molecular flexibility index (Phi) is 7.08. The van der Waals surface area contributed by atoms with Crippen molar-refractivity contribution in [1.82, 2.24) is 9.62 Å². The molecule has 0 aromatic heterocycles. The molecular weight excluding hydrogens is 348 g/mol. The molecular formula is C20H30N2O3S. The van der Waals surface area contributed by atoms with Crippen molar-refractivity contribution in [2.45, 2.75) is 49.8 Å². The van der Waals surface area contributed by atoms with Gasteiger partial charge in [0.15, 0.2) is 0 Å². The predicted octanol–water partition coefficient (Wildman–Crippen LogP) is 3.13.